The second-order valence-electron chi connectivity index (χ2n) is 5.14. The van der Waals surface area contributed by atoms with Crippen LogP contribution in [0.15, 0.2) is 42.5 Å². The minimum absolute atomic E-state index is 0.100. The number of hydrogen-bond acceptors (Lipinski definition) is 4. The van der Waals surface area contributed by atoms with Crippen molar-refractivity contribution in [2.45, 2.75) is 13.0 Å². The molecule has 0 saturated heterocycles. The van der Waals surface area contributed by atoms with Crippen LogP contribution in [0, 0.1) is 0 Å². The summed E-state index contributed by atoms with van der Waals surface area (Å²) in [5.74, 6) is 1.68. The van der Waals surface area contributed by atoms with Crippen molar-refractivity contribution in [1.29, 1.82) is 0 Å². The molecular formula is C18H20ClNO4. The average molecular weight is 350 g/mol. The molecule has 0 aliphatic rings. The average Bonchev–Trinajstić information content (AvgIpc) is 2.59. The van der Waals surface area contributed by atoms with Crippen LogP contribution in [-0.2, 0) is 4.79 Å². The van der Waals surface area contributed by atoms with Gasteiger partial charge in [-0.25, -0.2) is 0 Å². The van der Waals surface area contributed by atoms with Gasteiger partial charge in [0.1, 0.15) is 17.2 Å². The van der Waals surface area contributed by atoms with Gasteiger partial charge in [0.25, 0.3) is 5.91 Å². The van der Waals surface area contributed by atoms with E-state index in [1.807, 2.05) is 13.0 Å². The zero-order chi connectivity index (χ0) is 17.5. The predicted octanol–water partition coefficient (Wildman–Crippen LogP) is 3.61. The lowest BCUT2D eigenvalue weighted by Crippen LogP contribution is -2.31. The maximum Gasteiger partial charge on any atom is 0.258 e. The number of carbonyl (C=O) groups excluding carboxylic acids is 1. The fourth-order valence-electron chi connectivity index (χ4n) is 2.24. The first kappa shape index (κ1) is 17.9. The van der Waals surface area contributed by atoms with Gasteiger partial charge >= 0.3 is 0 Å². The summed E-state index contributed by atoms with van der Waals surface area (Å²) >= 11 is 5.88. The Labute approximate surface area is 146 Å². The van der Waals surface area contributed by atoms with Crippen molar-refractivity contribution in [3.63, 3.8) is 0 Å². The number of nitrogens with one attached hydrogen (secondary N) is 1. The molecule has 0 aromatic heterocycles. The third-order valence-electron chi connectivity index (χ3n) is 3.45. The molecule has 24 heavy (non-hydrogen) atoms. The van der Waals surface area contributed by atoms with Gasteiger partial charge in [-0.3, -0.25) is 4.79 Å². The number of methoxy groups -OCH3 is 2. The molecule has 0 fully saturated rings. The smallest absolute Gasteiger partial charge is 0.258 e. The fraction of sp³-hybridized carbons (Fsp3) is 0.278. The number of rotatable bonds is 7. The monoisotopic (exact) mass is 349 g/mol. The van der Waals surface area contributed by atoms with Gasteiger partial charge < -0.3 is 19.5 Å². The molecule has 0 aliphatic heterocycles. The molecule has 0 aliphatic carbocycles. The van der Waals surface area contributed by atoms with E-state index in [2.05, 4.69) is 5.32 Å². The van der Waals surface area contributed by atoms with E-state index in [1.165, 1.54) is 0 Å². The molecule has 1 amide bonds. The third kappa shape index (κ3) is 4.80. The van der Waals surface area contributed by atoms with Gasteiger partial charge in [0.15, 0.2) is 6.61 Å². The van der Waals surface area contributed by atoms with Crippen LogP contribution in [0.1, 0.15) is 18.5 Å². The quantitative estimate of drug-likeness (QED) is 0.829. The molecule has 128 valence electrons. The Hall–Kier alpha value is -2.40. The zero-order valence-electron chi connectivity index (χ0n) is 13.8. The van der Waals surface area contributed by atoms with Crippen LogP contribution in [0.25, 0.3) is 0 Å². The van der Waals surface area contributed by atoms with Gasteiger partial charge in [-0.2, -0.15) is 0 Å². The largest absolute Gasteiger partial charge is 0.497 e. The van der Waals surface area contributed by atoms with Crippen molar-refractivity contribution in [3.05, 3.63) is 53.1 Å². The van der Waals surface area contributed by atoms with Crippen molar-refractivity contribution in [3.8, 4) is 17.2 Å². The van der Waals surface area contributed by atoms with E-state index in [1.54, 1.807) is 50.6 Å². The molecular weight excluding hydrogens is 330 g/mol. The number of halogens is 1. The second-order valence-corrected chi connectivity index (χ2v) is 5.58. The molecule has 0 radical (unpaired) electrons. The molecule has 1 atom stereocenters. The van der Waals surface area contributed by atoms with E-state index in [0.29, 0.717) is 22.3 Å². The summed E-state index contributed by atoms with van der Waals surface area (Å²) < 4.78 is 16.0. The summed E-state index contributed by atoms with van der Waals surface area (Å²) in [6, 6.07) is 12.1. The lowest BCUT2D eigenvalue weighted by atomic mass is 10.1. The number of ether oxygens (including phenoxy) is 3. The Bertz CT molecular complexity index is 705. The molecule has 0 bridgehead atoms. The van der Waals surface area contributed by atoms with E-state index in [0.717, 1.165) is 5.56 Å². The summed E-state index contributed by atoms with van der Waals surface area (Å²) in [4.78, 5) is 12.1. The molecule has 2 rings (SSSR count). The first-order valence-electron chi connectivity index (χ1n) is 7.43. The van der Waals surface area contributed by atoms with Crippen LogP contribution in [0.5, 0.6) is 17.2 Å². The Morgan fingerprint density at radius 1 is 1.12 bits per heavy atom. The topological polar surface area (TPSA) is 56.8 Å². The second kappa shape index (κ2) is 8.45. The first-order chi connectivity index (χ1) is 11.5. The van der Waals surface area contributed by atoms with Crippen LogP contribution in [0.2, 0.25) is 5.02 Å². The van der Waals surface area contributed by atoms with E-state index in [-0.39, 0.29) is 18.6 Å². The standard InChI is InChI=1S/C18H20ClNO4/c1-12(16-10-14(22-2)7-8-17(16)23-3)20-18(21)11-24-15-6-4-5-13(19)9-15/h4-10,12H,11H2,1-3H3,(H,20,21). The zero-order valence-corrected chi connectivity index (χ0v) is 14.6. The Morgan fingerprint density at radius 3 is 2.58 bits per heavy atom. The SMILES string of the molecule is COc1ccc(OC)c(C(C)NC(=O)COc2cccc(Cl)c2)c1. The number of benzene rings is 2. The molecule has 0 saturated carbocycles. The van der Waals surface area contributed by atoms with E-state index in [9.17, 15) is 4.79 Å². The summed E-state index contributed by atoms with van der Waals surface area (Å²) in [6.07, 6.45) is 0. The fourth-order valence-corrected chi connectivity index (χ4v) is 2.42. The minimum Gasteiger partial charge on any atom is -0.497 e. The van der Waals surface area contributed by atoms with Crippen molar-refractivity contribution < 1.29 is 19.0 Å². The first-order valence-corrected chi connectivity index (χ1v) is 7.81. The molecule has 0 spiro atoms. The van der Waals surface area contributed by atoms with Gasteiger partial charge in [-0.15, -0.1) is 0 Å². The van der Waals surface area contributed by atoms with Crippen LogP contribution in [0.4, 0.5) is 0 Å². The Morgan fingerprint density at radius 2 is 1.92 bits per heavy atom. The Balaban J connectivity index is 1.98. The Kier molecular flexibility index (Phi) is 6.32. The molecule has 6 heteroatoms. The lowest BCUT2D eigenvalue weighted by molar-refractivity contribution is -0.123. The molecule has 1 N–H and O–H groups in total. The highest BCUT2D eigenvalue weighted by Gasteiger charge is 2.15. The van der Waals surface area contributed by atoms with Gasteiger partial charge in [-0.1, -0.05) is 17.7 Å². The summed E-state index contributed by atoms with van der Waals surface area (Å²) in [7, 11) is 3.18. The predicted molar refractivity (Wildman–Crippen MR) is 93.1 cm³/mol. The molecule has 2 aromatic rings. The van der Waals surface area contributed by atoms with Gasteiger partial charge in [-0.05, 0) is 43.3 Å². The highest BCUT2D eigenvalue weighted by molar-refractivity contribution is 6.30. The number of carbonyl (C=O) groups is 1. The summed E-state index contributed by atoms with van der Waals surface area (Å²) in [5, 5.41) is 3.43. The van der Waals surface area contributed by atoms with E-state index >= 15 is 0 Å². The van der Waals surface area contributed by atoms with Crippen LogP contribution >= 0.6 is 11.6 Å². The molecule has 1 unspecified atom stereocenters. The van der Waals surface area contributed by atoms with Crippen molar-refractivity contribution >= 4 is 17.5 Å². The van der Waals surface area contributed by atoms with Gasteiger partial charge in [0.05, 0.1) is 20.3 Å². The number of amides is 1. The van der Waals surface area contributed by atoms with Gasteiger partial charge in [0.2, 0.25) is 0 Å². The van der Waals surface area contributed by atoms with Crippen molar-refractivity contribution in [1.82, 2.24) is 5.32 Å². The van der Waals surface area contributed by atoms with E-state index in [4.69, 9.17) is 25.8 Å². The normalized spacial score (nSPS) is 11.5. The van der Waals surface area contributed by atoms with Crippen LogP contribution in [0.3, 0.4) is 0 Å². The van der Waals surface area contributed by atoms with E-state index < -0.39 is 0 Å². The maximum absolute atomic E-state index is 12.1. The summed E-state index contributed by atoms with van der Waals surface area (Å²) in [5.41, 5.74) is 0.827. The van der Waals surface area contributed by atoms with Crippen molar-refractivity contribution in [2.75, 3.05) is 20.8 Å². The summed E-state index contributed by atoms with van der Waals surface area (Å²) in [6.45, 7) is 1.77. The van der Waals surface area contributed by atoms with Crippen LogP contribution in [-0.4, -0.2) is 26.7 Å². The highest BCUT2D eigenvalue weighted by atomic mass is 35.5. The van der Waals surface area contributed by atoms with Crippen molar-refractivity contribution in [2.24, 2.45) is 0 Å². The molecule has 0 heterocycles. The maximum atomic E-state index is 12.1. The van der Waals surface area contributed by atoms with Gasteiger partial charge in [0, 0.05) is 10.6 Å². The lowest BCUT2D eigenvalue weighted by Gasteiger charge is -2.18. The molecule has 5 nitrogen and oxygen atoms in total. The third-order valence-corrected chi connectivity index (χ3v) is 3.68. The highest BCUT2D eigenvalue weighted by Crippen LogP contribution is 2.29. The number of hydrogen-bond donors (Lipinski definition) is 1. The van der Waals surface area contributed by atoms with Crippen LogP contribution < -0.4 is 19.5 Å². The minimum atomic E-state index is -0.259. The molecule has 2 aromatic carbocycles.